The van der Waals surface area contributed by atoms with Crippen molar-refractivity contribution >= 4 is 5.91 Å². The van der Waals surface area contributed by atoms with Gasteiger partial charge in [-0.3, -0.25) is 4.79 Å². The maximum absolute atomic E-state index is 12.2. The van der Waals surface area contributed by atoms with Crippen molar-refractivity contribution in [3.63, 3.8) is 0 Å². The van der Waals surface area contributed by atoms with E-state index in [1.165, 1.54) is 135 Å². The molecule has 226 valence electrons. The Kier molecular flexibility index (Phi) is 30.0. The van der Waals surface area contributed by atoms with Crippen molar-refractivity contribution < 1.29 is 15.0 Å². The second kappa shape index (κ2) is 30.7. The molecule has 0 heterocycles. The highest BCUT2D eigenvalue weighted by Gasteiger charge is 2.17. The van der Waals surface area contributed by atoms with E-state index in [0.29, 0.717) is 6.42 Å². The molecule has 1 unspecified atom stereocenters. The van der Waals surface area contributed by atoms with E-state index in [4.69, 9.17) is 0 Å². The zero-order valence-corrected chi connectivity index (χ0v) is 25.7. The van der Waals surface area contributed by atoms with Crippen LogP contribution in [0.1, 0.15) is 181 Å². The predicted molar refractivity (Wildman–Crippen MR) is 166 cm³/mol. The van der Waals surface area contributed by atoms with Gasteiger partial charge in [0.2, 0.25) is 5.91 Å². The fourth-order valence-corrected chi connectivity index (χ4v) is 5.12. The monoisotopic (exact) mass is 538 g/mol. The number of aliphatic hydroxyl groups excluding tert-OH is 2. The van der Waals surface area contributed by atoms with Crippen LogP contribution in [0.3, 0.4) is 0 Å². The van der Waals surface area contributed by atoms with Gasteiger partial charge in [0.1, 0.15) is 0 Å². The van der Waals surface area contributed by atoms with Crippen LogP contribution in [0, 0.1) is 0 Å². The highest BCUT2D eigenvalue weighted by Crippen LogP contribution is 2.14. The lowest BCUT2D eigenvalue weighted by Crippen LogP contribution is -2.45. The van der Waals surface area contributed by atoms with Gasteiger partial charge in [0, 0.05) is 6.42 Å². The lowest BCUT2D eigenvalue weighted by Gasteiger charge is -2.20. The minimum atomic E-state index is -0.830. The first-order chi connectivity index (χ1) is 18.7. The second-order valence-corrected chi connectivity index (χ2v) is 11.6. The number of rotatable bonds is 30. The van der Waals surface area contributed by atoms with E-state index in [1.807, 2.05) is 6.08 Å². The number of hydrogen-bond donors (Lipinski definition) is 3. The third-order valence-corrected chi connectivity index (χ3v) is 7.77. The molecule has 0 saturated heterocycles. The van der Waals surface area contributed by atoms with Crippen LogP contribution in [0.15, 0.2) is 12.2 Å². The molecule has 0 radical (unpaired) electrons. The molecular weight excluding hydrogens is 470 g/mol. The molecule has 0 aliphatic carbocycles. The third-order valence-electron chi connectivity index (χ3n) is 7.77. The highest BCUT2D eigenvalue weighted by molar-refractivity contribution is 5.76. The molecule has 0 aromatic carbocycles. The van der Waals surface area contributed by atoms with Crippen molar-refractivity contribution in [1.82, 2.24) is 5.32 Å². The Labute approximate surface area is 237 Å². The van der Waals surface area contributed by atoms with Gasteiger partial charge in [-0.25, -0.2) is 0 Å². The number of allylic oxidation sites excluding steroid dienone is 1. The zero-order valence-electron chi connectivity index (χ0n) is 25.7. The van der Waals surface area contributed by atoms with E-state index in [2.05, 4.69) is 19.2 Å². The Balaban J connectivity index is 3.63. The summed E-state index contributed by atoms with van der Waals surface area (Å²) < 4.78 is 0. The summed E-state index contributed by atoms with van der Waals surface area (Å²) in [5.74, 6) is -0.0649. The van der Waals surface area contributed by atoms with Gasteiger partial charge >= 0.3 is 0 Å². The number of unbranched alkanes of at least 4 members (excludes halogenated alkanes) is 23. The van der Waals surface area contributed by atoms with Crippen LogP contribution in [-0.2, 0) is 4.79 Å². The topological polar surface area (TPSA) is 69.6 Å². The molecule has 38 heavy (non-hydrogen) atoms. The minimum absolute atomic E-state index is 0.0649. The summed E-state index contributed by atoms with van der Waals surface area (Å²) in [5.41, 5.74) is 0. The summed E-state index contributed by atoms with van der Waals surface area (Å²) in [6.07, 6.45) is 35.7. The van der Waals surface area contributed by atoms with Gasteiger partial charge in [-0.15, -0.1) is 0 Å². The molecule has 0 aromatic rings. The number of hydrogen-bond acceptors (Lipinski definition) is 3. The van der Waals surface area contributed by atoms with Gasteiger partial charge in [0.25, 0.3) is 0 Å². The molecule has 3 N–H and O–H groups in total. The molecule has 0 fully saturated rings. The van der Waals surface area contributed by atoms with Gasteiger partial charge < -0.3 is 15.5 Å². The summed E-state index contributed by atoms with van der Waals surface area (Å²) in [7, 11) is 0. The molecule has 4 nitrogen and oxygen atoms in total. The zero-order chi connectivity index (χ0) is 27.9. The van der Waals surface area contributed by atoms with Crippen molar-refractivity contribution in [2.24, 2.45) is 0 Å². The van der Waals surface area contributed by atoms with Gasteiger partial charge in [0.05, 0.1) is 18.8 Å². The van der Waals surface area contributed by atoms with Crippen molar-refractivity contribution in [3.05, 3.63) is 12.2 Å². The van der Waals surface area contributed by atoms with Gasteiger partial charge in [-0.2, -0.15) is 0 Å². The average Bonchev–Trinajstić information content (AvgIpc) is 2.92. The highest BCUT2D eigenvalue weighted by atomic mass is 16.3. The summed E-state index contributed by atoms with van der Waals surface area (Å²) in [5, 5.41) is 22.8. The average molecular weight is 538 g/mol. The largest absolute Gasteiger partial charge is 0.394 e. The van der Waals surface area contributed by atoms with Crippen molar-refractivity contribution in [2.75, 3.05) is 6.61 Å². The van der Waals surface area contributed by atoms with E-state index >= 15 is 0 Å². The lowest BCUT2D eigenvalue weighted by atomic mass is 10.0. The molecule has 0 bridgehead atoms. The Hall–Kier alpha value is -0.870. The maximum Gasteiger partial charge on any atom is 0.220 e. The molecule has 0 aromatic heterocycles. The summed E-state index contributed by atoms with van der Waals surface area (Å²) >= 11 is 0. The first-order valence-electron chi connectivity index (χ1n) is 16.9. The third kappa shape index (κ3) is 26.7. The number of carbonyl (C=O) groups excluding carboxylic acids is 1. The maximum atomic E-state index is 12.2. The van der Waals surface area contributed by atoms with Crippen molar-refractivity contribution in [2.45, 2.75) is 193 Å². The van der Waals surface area contributed by atoms with Gasteiger partial charge in [-0.1, -0.05) is 167 Å². The van der Waals surface area contributed by atoms with Crippen molar-refractivity contribution in [1.29, 1.82) is 0 Å². The Morgan fingerprint density at radius 3 is 1.37 bits per heavy atom. The van der Waals surface area contributed by atoms with E-state index < -0.39 is 12.1 Å². The number of aliphatic hydroxyl groups is 2. The van der Waals surface area contributed by atoms with Gasteiger partial charge in [-0.05, 0) is 19.3 Å². The quantitative estimate of drug-likeness (QED) is 0.0631. The van der Waals surface area contributed by atoms with E-state index in [1.54, 1.807) is 6.08 Å². The molecule has 4 heteroatoms. The molecular formula is C34H67NO3. The fourth-order valence-electron chi connectivity index (χ4n) is 5.12. The first kappa shape index (κ1) is 37.1. The Morgan fingerprint density at radius 2 is 0.974 bits per heavy atom. The van der Waals surface area contributed by atoms with Crippen LogP contribution in [0.4, 0.5) is 0 Å². The van der Waals surface area contributed by atoms with Crippen LogP contribution in [0.25, 0.3) is 0 Å². The standard InChI is InChI=1S/C34H67NO3/c1-3-5-7-9-11-13-15-17-19-21-23-25-27-29-33(37)32(31-36)35-34(38)30-28-26-24-22-20-18-16-14-12-10-8-6-4-2/h27,29,32-33,36-37H,3-26,28,30-31H2,1-2H3,(H,35,38)/t32-,33?/m0/s1. The van der Waals surface area contributed by atoms with Crippen LogP contribution >= 0.6 is 0 Å². The Bertz CT molecular complexity index is 508. The van der Waals surface area contributed by atoms with Crippen molar-refractivity contribution in [3.8, 4) is 0 Å². The Morgan fingerprint density at radius 1 is 0.605 bits per heavy atom. The fraction of sp³-hybridized carbons (Fsp3) is 0.912. The molecule has 2 atom stereocenters. The van der Waals surface area contributed by atoms with Gasteiger partial charge in [0.15, 0.2) is 0 Å². The first-order valence-corrected chi connectivity index (χ1v) is 16.9. The molecule has 0 rings (SSSR count). The van der Waals surface area contributed by atoms with Crippen LogP contribution in [0.2, 0.25) is 0 Å². The minimum Gasteiger partial charge on any atom is -0.394 e. The number of amides is 1. The lowest BCUT2D eigenvalue weighted by molar-refractivity contribution is -0.123. The van der Waals surface area contributed by atoms with E-state index in [9.17, 15) is 15.0 Å². The molecule has 0 aliphatic heterocycles. The summed E-state index contributed by atoms with van der Waals surface area (Å²) in [6.45, 7) is 4.29. The molecule has 1 amide bonds. The molecule has 0 saturated carbocycles. The van der Waals surface area contributed by atoms with Crippen LogP contribution in [-0.4, -0.2) is 34.9 Å². The van der Waals surface area contributed by atoms with E-state index in [-0.39, 0.29) is 12.5 Å². The van der Waals surface area contributed by atoms with Crippen LogP contribution < -0.4 is 5.32 Å². The SMILES string of the molecule is CCCCCCCCCCCCCC=CC(O)[C@H](CO)NC(=O)CCCCCCCCCCCCCCC. The predicted octanol–water partition coefficient (Wildman–Crippen LogP) is 9.56. The summed E-state index contributed by atoms with van der Waals surface area (Å²) in [6, 6.07) is -0.613. The van der Waals surface area contributed by atoms with Crippen LogP contribution in [0.5, 0.6) is 0 Å². The van der Waals surface area contributed by atoms with E-state index in [0.717, 1.165) is 25.7 Å². The normalized spacial score (nSPS) is 13.3. The smallest absolute Gasteiger partial charge is 0.220 e. The number of nitrogens with one attached hydrogen (secondary N) is 1. The molecule has 0 spiro atoms. The number of carbonyl (C=O) groups is 1. The second-order valence-electron chi connectivity index (χ2n) is 11.6. The summed E-state index contributed by atoms with van der Waals surface area (Å²) in [4.78, 5) is 12.2. The molecule has 0 aliphatic rings.